The van der Waals surface area contributed by atoms with Crippen molar-refractivity contribution in [2.45, 2.75) is 64.5 Å². The molecule has 0 spiro atoms. The largest absolute Gasteiger partial charge is 0.388 e. The third-order valence-electron chi connectivity index (χ3n) is 3.83. The normalized spacial score (nSPS) is 17.1. The number of nitrogens with one attached hydrogen (secondary N) is 1. The second-order valence-electron chi connectivity index (χ2n) is 6.72. The summed E-state index contributed by atoms with van der Waals surface area (Å²) in [6.07, 6.45) is 5.41. The zero-order valence-corrected chi connectivity index (χ0v) is 12.5. The molecule has 0 aromatic heterocycles. The molecule has 0 fully saturated rings. The lowest BCUT2D eigenvalue weighted by molar-refractivity contribution is 0.163. The number of aliphatic hydroxyl groups excluding tert-OH is 1. The first kappa shape index (κ1) is 14.5. The van der Waals surface area contributed by atoms with Crippen LogP contribution in [0.3, 0.4) is 0 Å². The van der Waals surface area contributed by atoms with Crippen molar-refractivity contribution < 1.29 is 5.11 Å². The van der Waals surface area contributed by atoms with Crippen molar-refractivity contribution in [2.24, 2.45) is 0 Å². The van der Waals surface area contributed by atoms with Gasteiger partial charge in [-0.05, 0) is 76.1 Å². The molecule has 1 aromatic rings. The van der Waals surface area contributed by atoms with Gasteiger partial charge in [0.15, 0.2) is 0 Å². The summed E-state index contributed by atoms with van der Waals surface area (Å²) in [5.74, 6) is 0. The number of aliphatic hydroxyl groups is 1. The Bertz CT molecular complexity index is 420. The number of rotatable bonds is 4. The fourth-order valence-electron chi connectivity index (χ4n) is 2.71. The monoisotopic (exact) mass is 261 g/mol. The molecule has 1 aliphatic rings. The van der Waals surface area contributed by atoms with Crippen molar-refractivity contribution in [3.8, 4) is 0 Å². The number of fused-ring (bicyclic) bond motifs is 1. The Kier molecular flexibility index (Phi) is 4.64. The number of hydrogen-bond donors (Lipinski definition) is 2. The van der Waals surface area contributed by atoms with Gasteiger partial charge in [0, 0.05) is 5.54 Å². The van der Waals surface area contributed by atoms with Gasteiger partial charge in [0.2, 0.25) is 0 Å². The van der Waals surface area contributed by atoms with E-state index in [4.69, 9.17) is 0 Å². The van der Waals surface area contributed by atoms with Crippen molar-refractivity contribution in [1.29, 1.82) is 0 Å². The molecule has 0 amide bonds. The van der Waals surface area contributed by atoms with E-state index in [2.05, 4.69) is 44.3 Å². The smallest absolute Gasteiger partial charge is 0.0802 e. The molecule has 1 aromatic carbocycles. The van der Waals surface area contributed by atoms with Crippen LogP contribution in [-0.2, 0) is 12.8 Å². The Labute approximate surface area is 117 Å². The van der Waals surface area contributed by atoms with Crippen LogP contribution >= 0.6 is 0 Å². The molecule has 1 unspecified atom stereocenters. The maximum absolute atomic E-state index is 10.3. The maximum atomic E-state index is 10.3. The first-order chi connectivity index (χ1) is 8.96. The molecule has 2 rings (SSSR count). The predicted molar refractivity (Wildman–Crippen MR) is 80.4 cm³/mol. The van der Waals surface area contributed by atoms with Crippen LogP contribution in [0.5, 0.6) is 0 Å². The fourth-order valence-corrected chi connectivity index (χ4v) is 2.71. The van der Waals surface area contributed by atoms with E-state index in [9.17, 15) is 5.11 Å². The summed E-state index contributed by atoms with van der Waals surface area (Å²) in [5, 5.41) is 13.7. The van der Waals surface area contributed by atoms with Gasteiger partial charge in [-0.3, -0.25) is 0 Å². The standard InChI is InChI=1S/C17H27NO/c1-17(2,3)18-11-10-16(19)15-9-8-13-6-4-5-7-14(13)12-15/h8-9,12,16,18-19H,4-7,10-11H2,1-3H3. The van der Waals surface area contributed by atoms with Gasteiger partial charge < -0.3 is 10.4 Å². The molecule has 0 saturated heterocycles. The van der Waals surface area contributed by atoms with Crippen LogP contribution in [0.1, 0.15) is 62.8 Å². The summed E-state index contributed by atoms with van der Waals surface area (Å²) >= 11 is 0. The Morgan fingerprint density at radius 2 is 1.84 bits per heavy atom. The topological polar surface area (TPSA) is 32.3 Å². The van der Waals surface area contributed by atoms with Crippen LogP contribution < -0.4 is 5.32 Å². The Balaban J connectivity index is 1.94. The number of aryl methyl sites for hydroxylation is 2. The predicted octanol–water partition coefficient (Wildman–Crippen LogP) is 3.38. The summed E-state index contributed by atoms with van der Waals surface area (Å²) in [5.41, 5.74) is 4.13. The zero-order valence-electron chi connectivity index (χ0n) is 12.5. The van der Waals surface area contributed by atoms with Gasteiger partial charge in [0.05, 0.1) is 6.10 Å². The summed E-state index contributed by atoms with van der Waals surface area (Å²) in [6, 6.07) is 6.53. The third kappa shape index (κ3) is 4.32. The van der Waals surface area contributed by atoms with E-state index in [0.717, 1.165) is 18.5 Å². The van der Waals surface area contributed by atoms with Crippen LogP contribution in [0.2, 0.25) is 0 Å². The SMILES string of the molecule is CC(C)(C)NCCC(O)c1ccc2c(c1)CCCC2. The molecule has 0 bridgehead atoms. The molecule has 2 N–H and O–H groups in total. The van der Waals surface area contributed by atoms with Crippen LogP contribution in [0.4, 0.5) is 0 Å². The van der Waals surface area contributed by atoms with Gasteiger partial charge >= 0.3 is 0 Å². The van der Waals surface area contributed by atoms with Crippen LogP contribution in [0.15, 0.2) is 18.2 Å². The van der Waals surface area contributed by atoms with E-state index in [1.807, 2.05) is 0 Å². The molecule has 1 aliphatic carbocycles. The van der Waals surface area contributed by atoms with Crippen molar-refractivity contribution in [3.05, 3.63) is 34.9 Å². The summed E-state index contributed by atoms with van der Waals surface area (Å²) in [7, 11) is 0. The summed E-state index contributed by atoms with van der Waals surface area (Å²) < 4.78 is 0. The molecule has 19 heavy (non-hydrogen) atoms. The van der Waals surface area contributed by atoms with Gasteiger partial charge in [-0.2, -0.15) is 0 Å². The van der Waals surface area contributed by atoms with Crippen LogP contribution in [-0.4, -0.2) is 17.2 Å². The van der Waals surface area contributed by atoms with Gasteiger partial charge in [0.25, 0.3) is 0 Å². The number of benzene rings is 1. The Morgan fingerprint density at radius 3 is 2.53 bits per heavy atom. The fraction of sp³-hybridized carbons (Fsp3) is 0.647. The Hall–Kier alpha value is -0.860. The van der Waals surface area contributed by atoms with Gasteiger partial charge in [0.1, 0.15) is 0 Å². The van der Waals surface area contributed by atoms with E-state index >= 15 is 0 Å². The highest BCUT2D eigenvalue weighted by molar-refractivity contribution is 5.34. The van der Waals surface area contributed by atoms with Crippen LogP contribution in [0, 0.1) is 0 Å². The number of hydrogen-bond acceptors (Lipinski definition) is 2. The average Bonchev–Trinajstić information content (AvgIpc) is 2.36. The van der Waals surface area contributed by atoms with Gasteiger partial charge in [-0.15, -0.1) is 0 Å². The Morgan fingerprint density at radius 1 is 1.16 bits per heavy atom. The molecule has 0 radical (unpaired) electrons. The molecule has 1 atom stereocenters. The molecule has 0 aliphatic heterocycles. The van der Waals surface area contributed by atoms with Crippen molar-refractivity contribution >= 4 is 0 Å². The maximum Gasteiger partial charge on any atom is 0.0802 e. The van der Waals surface area contributed by atoms with E-state index in [1.54, 1.807) is 0 Å². The summed E-state index contributed by atoms with van der Waals surface area (Å²) in [6.45, 7) is 7.30. The first-order valence-corrected chi connectivity index (χ1v) is 7.50. The summed E-state index contributed by atoms with van der Waals surface area (Å²) in [4.78, 5) is 0. The average molecular weight is 261 g/mol. The first-order valence-electron chi connectivity index (χ1n) is 7.50. The molecule has 2 nitrogen and oxygen atoms in total. The van der Waals surface area contributed by atoms with E-state index in [1.165, 1.54) is 36.8 Å². The highest BCUT2D eigenvalue weighted by Gasteiger charge is 2.14. The lowest BCUT2D eigenvalue weighted by Crippen LogP contribution is -2.36. The molecular formula is C17H27NO. The van der Waals surface area contributed by atoms with Gasteiger partial charge in [-0.1, -0.05) is 18.2 Å². The highest BCUT2D eigenvalue weighted by atomic mass is 16.3. The third-order valence-corrected chi connectivity index (χ3v) is 3.83. The van der Waals surface area contributed by atoms with E-state index in [-0.39, 0.29) is 11.6 Å². The molecule has 0 heterocycles. The lowest BCUT2D eigenvalue weighted by atomic mass is 9.89. The second kappa shape index (κ2) is 6.06. The van der Waals surface area contributed by atoms with Gasteiger partial charge in [-0.25, -0.2) is 0 Å². The quantitative estimate of drug-likeness (QED) is 0.871. The molecular weight excluding hydrogens is 234 g/mol. The van der Waals surface area contributed by atoms with Crippen molar-refractivity contribution in [1.82, 2.24) is 5.32 Å². The zero-order chi connectivity index (χ0) is 13.9. The minimum Gasteiger partial charge on any atom is -0.388 e. The molecule has 2 heteroatoms. The molecule has 0 saturated carbocycles. The minimum atomic E-state index is -0.345. The minimum absolute atomic E-state index is 0.121. The second-order valence-corrected chi connectivity index (χ2v) is 6.72. The van der Waals surface area contributed by atoms with E-state index in [0.29, 0.717) is 0 Å². The molecule has 106 valence electrons. The van der Waals surface area contributed by atoms with Crippen LogP contribution in [0.25, 0.3) is 0 Å². The van der Waals surface area contributed by atoms with Crippen molar-refractivity contribution in [2.75, 3.05) is 6.54 Å². The highest BCUT2D eigenvalue weighted by Crippen LogP contribution is 2.25. The lowest BCUT2D eigenvalue weighted by Gasteiger charge is -2.22. The van der Waals surface area contributed by atoms with Crippen molar-refractivity contribution in [3.63, 3.8) is 0 Å². The van der Waals surface area contributed by atoms with E-state index < -0.39 is 0 Å².